The first-order valence-electron chi connectivity index (χ1n) is 13.1. The summed E-state index contributed by atoms with van der Waals surface area (Å²) in [5.74, 6) is 1.35. The smallest absolute Gasteiger partial charge is 0.345 e. The fourth-order valence-corrected chi connectivity index (χ4v) is 4.95. The standard InChI is InChI=1S/C33H33N3O4/c1-21-25(9-8-16-34-21)32(37)40-24-13-14-26(31(18-24)39-5)22-12-15-28-27(17-22)23(19-33(2,3)36-28)20-35-29-10-6-7-11-30(29)38-4/h6-19,35-36H,20H2,1-5H3. The minimum Gasteiger partial charge on any atom is -0.496 e. The highest BCUT2D eigenvalue weighted by atomic mass is 16.5. The van der Waals surface area contributed by atoms with Crippen molar-refractivity contribution in [2.75, 3.05) is 31.4 Å². The minimum absolute atomic E-state index is 0.206. The van der Waals surface area contributed by atoms with Crippen molar-refractivity contribution in [1.82, 2.24) is 4.98 Å². The summed E-state index contributed by atoms with van der Waals surface area (Å²) in [7, 11) is 3.29. The van der Waals surface area contributed by atoms with Gasteiger partial charge in [-0.25, -0.2) is 4.79 Å². The highest BCUT2D eigenvalue weighted by molar-refractivity contribution is 5.92. The maximum Gasteiger partial charge on any atom is 0.345 e. The van der Waals surface area contributed by atoms with Crippen molar-refractivity contribution in [3.05, 3.63) is 102 Å². The van der Waals surface area contributed by atoms with Gasteiger partial charge in [-0.1, -0.05) is 24.3 Å². The number of hydrogen-bond donors (Lipinski definition) is 2. The summed E-state index contributed by atoms with van der Waals surface area (Å²) < 4.78 is 16.9. The van der Waals surface area contributed by atoms with Gasteiger partial charge in [0, 0.05) is 35.6 Å². The summed E-state index contributed by atoms with van der Waals surface area (Å²) in [6.07, 6.45) is 3.90. The molecule has 2 N–H and O–H groups in total. The van der Waals surface area contributed by atoms with E-state index in [2.05, 4.69) is 53.7 Å². The van der Waals surface area contributed by atoms with E-state index in [1.54, 1.807) is 51.6 Å². The van der Waals surface area contributed by atoms with Crippen molar-refractivity contribution in [2.24, 2.45) is 0 Å². The maximum atomic E-state index is 12.7. The van der Waals surface area contributed by atoms with Crippen LogP contribution in [0.4, 0.5) is 11.4 Å². The Morgan fingerprint density at radius 1 is 0.925 bits per heavy atom. The summed E-state index contributed by atoms with van der Waals surface area (Å²) in [4.78, 5) is 16.9. The lowest BCUT2D eigenvalue weighted by atomic mass is 9.88. The van der Waals surface area contributed by atoms with Crippen LogP contribution >= 0.6 is 0 Å². The van der Waals surface area contributed by atoms with Crippen LogP contribution in [0.2, 0.25) is 0 Å². The average molecular weight is 536 g/mol. The Hall–Kier alpha value is -4.78. The molecule has 0 atom stereocenters. The number of para-hydroxylation sites is 2. The van der Waals surface area contributed by atoms with E-state index >= 15 is 0 Å². The van der Waals surface area contributed by atoms with Crippen LogP contribution in [0.25, 0.3) is 16.7 Å². The molecule has 0 spiro atoms. The van der Waals surface area contributed by atoms with Crippen molar-refractivity contribution in [3.8, 4) is 28.4 Å². The number of aromatic nitrogens is 1. The Bertz CT molecular complexity index is 1590. The molecule has 0 amide bonds. The Labute approximate surface area is 234 Å². The average Bonchev–Trinajstić information content (AvgIpc) is 2.95. The molecular formula is C33H33N3O4. The Morgan fingerprint density at radius 3 is 2.50 bits per heavy atom. The fraction of sp³-hybridized carbons (Fsp3) is 0.212. The first kappa shape index (κ1) is 26.8. The molecule has 40 heavy (non-hydrogen) atoms. The van der Waals surface area contributed by atoms with Crippen LogP contribution in [0.1, 0.15) is 35.5 Å². The Balaban J connectivity index is 1.43. The Kier molecular flexibility index (Phi) is 7.47. The lowest BCUT2D eigenvalue weighted by Gasteiger charge is -2.33. The number of carbonyl (C=O) groups is 1. The van der Waals surface area contributed by atoms with E-state index in [4.69, 9.17) is 14.2 Å². The van der Waals surface area contributed by atoms with Crippen molar-refractivity contribution < 1.29 is 19.0 Å². The number of ether oxygens (including phenoxy) is 3. The third kappa shape index (κ3) is 5.64. The number of nitrogens with zero attached hydrogens (tertiary/aromatic N) is 1. The van der Waals surface area contributed by atoms with Gasteiger partial charge in [-0.3, -0.25) is 4.98 Å². The van der Waals surface area contributed by atoms with Crippen molar-refractivity contribution in [2.45, 2.75) is 26.3 Å². The second kappa shape index (κ2) is 11.1. The first-order chi connectivity index (χ1) is 19.3. The molecule has 5 rings (SSSR count). The normalized spacial score (nSPS) is 13.4. The number of anilines is 2. The summed E-state index contributed by atoms with van der Waals surface area (Å²) in [6.45, 7) is 6.72. The van der Waals surface area contributed by atoms with Crippen LogP contribution in [0.3, 0.4) is 0 Å². The van der Waals surface area contributed by atoms with E-state index in [0.29, 0.717) is 29.3 Å². The SMILES string of the molecule is COc1ccccc1NCC1=CC(C)(C)Nc2ccc(-c3ccc(OC(=O)c4cccnc4C)cc3OC)cc21. The van der Waals surface area contributed by atoms with E-state index in [9.17, 15) is 4.79 Å². The summed E-state index contributed by atoms with van der Waals surface area (Å²) >= 11 is 0. The fourth-order valence-electron chi connectivity index (χ4n) is 4.95. The third-order valence-corrected chi connectivity index (χ3v) is 6.86. The van der Waals surface area contributed by atoms with Crippen LogP contribution in [0.15, 0.2) is 85.1 Å². The zero-order chi connectivity index (χ0) is 28.3. The van der Waals surface area contributed by atoms with Gasteiger partial charge in [0.15, 0.2) is 0 Å². The minimum atomic E-state index is -0.458. The lowest BCUT2D eigenvalue weighted by Crippen LogP contribution is -2.32. The molecule has 0 bridgehead atoms. The molecule has 0 radical (unpaired) electrons. The summed E-state index contributed by atoms with van der Waals surface area (Å²) in [5.41, 5.74) is 6.99. The van der Waals surface area contributed by atoms with Gasteiger partial charge < -0.3 is 24.8 Å². The monoisotopic (exact) mass is 535 g/mol. The van der Waals surface area contributed by atoms with Crippen LogP contribution < -0.4 is 24.8 Å². The predicted molar refractivity (Wildman–Crippen MR) is 160 cm³/mol. The van der Waals surface area contributed by atoms with Crippen LogP contribution in [-0.4, -0.2) is 37.3 Å². The van der Waals surface area contributed by atoms with Gasteiger partial charge in [0.05, 0.1) is 36.7 Å². The molecule has 0 fully saturated rings. The topological polar surface area (TPSA) is 81.7 Å². The van der Waals surface area contributed by atoms with Gasteiger partial charge in [-0.2, -0.15) is 0 Å². The highest BCUT2D eigenvalue weighted by Crippen LogP contribution is 2.40. The van der Waals surface area contributed by atoms with Crippen molar-refractivity contribution in [3.63, 3.8) is 0 Å². The number of nitrogens with one attached hydrogen (secondary N) is 2. The Morgan fingerprint density at radius 2 is 1.73 bits per heavy atom. The van der Waals surface area contributed by atoms with Gasteiger partial charge >= 0.3 is 5.97 Å². The highest BCUT2D eigenvalue weighted by Gasteiger charge is 2.25. The molecule has 4 aromatic rings. The zero-order valence-corrected chi connectivity index (χ0v) is 23.4. The van der Waals surface area contributed by atoms with Gasteiger partial charge in [-0.05, 0) is 80.4 Å². The van der Waals surface area contributed by atoms with Crippen LogP contribution in [-0.2, 0) is 0 Å². The number of carbonyl (C=O) groups excluding carboxylic acids is 1. The first-order valence-corrected chi connectivity index (χ1v) is 13.1. The van der Waals surface area contributed by atoms with Crippen LogP contribution in [0.5, 0.6) is 17.2 Å². The van der Waals surface area contributed by atoms with E-state index < -0.39 is 5.97 Å². The van der Waals surface area contributed by atoms with E-state index in [-0.39, 0.29) is 5.54 Å². The van der Waals surface area contributed by atoms with E-state index in [1.165, 1.54) is 5.57 Å². The molecule has 2 heterocycles. The van der Waals surface area contributed by atoms with Gasteiger partial charge in [0.25, 0.3) is 0 Å². The predicted octanol–water partition coefficient (Wildman–Crippen LogP) is 6.99. The molecule has 0 aliphatic carbocycles. The molecule has 7 heteroatoms. The van der Waals surface area contributed by atoms with E-state index in [1.807, 2.05) is 30.3 Å². The number of rotatable bonds is 8. The number of hydrogen-bond acceptors (Lipinski definition) is 7. The number of methoxy groups -OCH3 is 2. The maximum absolute atomic E-state index is 12.7. The number of fused-ring (bicyclic) bond motifs is 1. The molecule has 1 aliphatic rings. The number of benzene rings is 3. The number of pyridine rings is 1. The number of aryl methyl sites for hydroxylation is 1. The quantitative estimate of drug-likeness (QED) is 0.186. The molecule has 3 aromatic carbocycles. The van der Waals surface area contributed by atoms with E-state index in [0.717, 1.165) is 33.8 Å². The molecule has 204 valence electrons. The molecule has 0 saturated heterocycles. The van der Waals surface area contributed by atoms with Gasteiger partial charge in [0.2, 0.25) is 0 Å². The largest absolute Gasteiger partial charge is 0.496 e. The zero-order valence-electron chi connectivity index (χ0n) is 23.4. The van der Waals surface area contributed by atoms with Crippen LogP contribution in [0, 0.1) is 6.92 Å². The van der Waals surface area contributed by atoms with Gasteiger partial charge in [0.1, 0.15) is 17.2 Å². The molecule has 1 aliphatic heterocycles. The summed E-state index contributed by atoms with van der Waals surface area (Å²) in [5, 5.41) is 7.16. The van der Waals surface area contributed by atoms with Gasteiger partial charge in [-0.15, -0.1) is 0 Å². The summed E-state index contributed by atoms with van der Waals surface area (Å²) in [6, 6.07) is 23.1. The second-order valence-corrected chi connectivity index (χ2v) is 10.2. The molecule has 0 unspecified atom stereocenters. The molecular weight excluding hydrogens is 502 g/mol. The lowest BCUT2D eigenvalue weighted by molar-refractivity contribution is 0.0733. The molecule has 1 aromatic heterocycles. The van der Waals surface area contributed by atoms with Crippen molar-refractivity contribution >= 4 is 22.9 Å². The second-order valence-electron chi connectivity index (χ2n) is 10.2. The molecule has 0 saturated carbocycles. The molecule has 7 nitrogen and oxygen atoms in total. The van der Waals surface area contributed by atoms with Crippen molar-refractivity contribution in [1.29, 1.82) is 0 Å². The number of esters is 1. The third-order valence-electron chi connectivity index (χ3n) is 6.86.